The lowest BCUT2D eigenvalue weighted by Gasteiger charge is -2.25. The Kier molecular flexibility index (Phi) is 6.24. The van der Waals surface area contributed by atoms with Gasteiger partial charge in [-0.05, 0) is 26.0 Å². The number of thioether (sulfide) groups is 1. The first-order valence-corrected chi connectivity index (χ1v) is 6.92. The molecule has 0 fully saturated rings. The fourth-order valence-electron chi connectivity index (χ4n) is 1.59. The standard InChI is InChI=1S/C13H17F2NO2S/c1-9(2)16(5-6-17)13(18)8-19-12-4-3-10(14)7-11(12)15/h3-4,7,9,17H,5-6,8H2,1-2H3. The molecule has 0 saturated carbocycles. The molecule has 6 heteroatoms. The van der Waals surface area contributed by atoms with E-state index in [0.29, 0.717) is 0 Å². The number of amides is 1. The van der Waals surface area contributed by atoms with Crippen molar-refractivity contribution in [3.05, 3.63) is 29.8 Å². The Balaban J connectivity index is 2.62. The predicted octanol–water partition coefficient (Wildman–Crippen LogP) is 2.29. The van der Waals surface area contributed by atoms with Gasteiger partial charge in [0.2, 0.25) is 5.91 Å². The quantitative estimate of drug-likeness (QED) is 0.817. The van der Waals surface area contributed by atoms with Crippen LogP contribution in [0.25, 0.3) is 0 Å². The van der Waals surface area contributed by atoms with Crippen molar-refractivity contribution in [2.24, 2.45) is 0 Å². The summed E-state index contributed by atoms with van der Waals surface area (Å²) >= 11 is 1.02. The largest absolute Gasteiger partial charge is 0.395 e. The Bertz CT molecular complexity index is 441. The van der Waals surface area contributed by atoms with Crippen molar-refractivity contribution in [2.45, 2.75) is 24.8 Å². The fraction of sp³-hybridized carbons (Fsp3) is 0.462. The molecule has 106 valence electrons. The monoisotopic (exact) mass is 289 g/mol. The van der Waals surface area contributed by atoms with Crippen LogP contribution in [-0.2, 0) is 4.79 Å². The number of carbonyl (C=O) groups excluding carboxylic acids is 1. The third-order valence-electron chi connectivity index (χ3n) is 2.53. The van der Waals surface area contributed by atoms with Crippen LogP contribution in [0.15, 0.2) is 23.1 Å². The van der Waals surface area contributed by atoms with Crippen LogP contribution in [0.2, 0.25) is 0 Å². The zero-order chi connectivity index (χ0) is 14.4. The molecule has 0 aliphatic heterocycles. The van der Waals surface area contributed by atoms with Crippen LogP contribution in [0.1, 0.15) is 13.8 Å². The first kappa shape index (κ1) is 15.9. The zero-order valence-electron chi connectivity index (χ0n) is 10.9. The molecule has 1 N–H and O–H groups in total. The van der Waals surface area contributed by atoms with Crippen molar-refractivity contribution in [1.29, 1.82) is 0 Å². The van der Waals surface area contributed by atoms with Gasteiger partial charge in [0.1, 0.15) is 11.6 Å². The van der Waals surface area contributed by atoms with E-state index < -0.39 is 11.6 Å². The van der Waals surface area contributed by atoms with Gasteiger partial charge in [-0.2, -0.15) is 0 Å². The fourth-order valence-corrected chi connectivity index (χ4v) is 2.40. The molecule has 0 atom stereocenters. The summed E-state index contributed by atoms with van der Waals surface area (Å²) in [4.78, 5) is 13.7. The third kappa shape index (κ3) is 4.80. The predicted molar refractivity (Wildman–Crippen MR) is 71.0 cm³/mol. The number of nitrogens with zero attached hydrogens (tertiary/aromatic N) is 1. The highest BCUT2D eigenvalue weighted by molar-refractivity contribution is 8.00. The number of hydrogen-bond acceptors (Lipinski definition) is 3. The summed E-state index contributed by atoms with van der Waals surface area (Å²) in [7, 11) is 0. The zero-order valence-corrected chi connectivity index (χ0v) is 11.7. The van der Waals surface area contributed by atoms with Crippen LogP contribution in [0.4, 0.5) is 8.78 Å². The molecule has 0 unspecified atom stereocenters. The van der Waals surface area contributed by atoms with Gasteiger partial charge in [0, 0.05) is 23.5 Å². The van der Waals surface area contributed by atoms with Gasteiger partial charge in [-0.1, -0.05) is 0 Å². The molecule has 0 radical (unpaired) electrons. The highest BCUT2D eigenvalue weighted by atomic mass is 32.2. The van der Waals surface area contributed by atoms with E-state index in [1.54, 1.807) is 0 Å². The van der Waals surface area contributed by atoms with E-state index >= 15 is 0 Å². The van der Waals surface area contributed by atoms with Crippen molar-refractivity contribution in [2.75, 3.05) is 18.9 Å². The number of halogens is 2. The minimum absolute atomic E-state index is 0.0293. The maximum absolute atomic E-state index is 13.4. The second-order valence-electron chi connectivity index (χ2n) is 4.27. The molecular formula is C13H17F2NO2S. The molecule has 3 nitrogen and oxygen atoms in total. The van der Waals surface area contributed by atoms with Crippen LogP contribution in [-0.4, -0.2) is 40.9 Å². The smallest absolute Gasteiger partial charge is 0.233 e. The second-order valence-corrected chi connectivity index (χ2v) is 5.29. The minimum Gasteiger partial charge on any atom is -0.395 e. The summed E-state index contributed by atoms with van der Waals surface area (Å²) in [6.07, 6.45) is 0. The maximum atomic E-state index is 13.4. The Hall–Kier alpha value is -1.14. The number of hydrogen-bond donors (Lipinski definition) is 1. The topological polar surface area (TPSA) is 40.5 Å². The van der Waals surface area contributed by atoms with Gasteiger partial charge in [0.15, 0.2) is 0 Å². The van der Waals surface area contributed by atoms with E-state index in [1.165, 1.54) is 11.0 Å². The Morgan fingerprint density at radius 1 is 1.42 bits per heavy atom. The molecule has 0 aliphatic rings. The van der Waals surface area contributed by atoms with Gasteiger partial charge >= 0.3 is 0 Å². The summed E-state index contributed by atoms with van der Waals surface area (Å²) in [6.45, 7) is 3.83. The molecule has 19 heavy (non-hydrogen) atoms. The van der Waals surface area contributed by atoms with E-state index in [2.05, 4.69) is 0 Å². The van der Waals surface area contributed by atoms with E-state index in [1.807, 2.05) is 13.8 Å². The molecule has 1 aromatic carbocycles. The lowest BCUT2D eigenvalue weighted by Crippen LogP contribution is -2.40. The molecule has 0 aromatic heterocycles. The Morgan fingerprint density at radius 3 is 2.63 bits per heavy atom. The van der Waals surface area contributed by atoms with Crippen LogP contribution in [0, 0.1) is 11.6 Å². The van der Waals surface area contributed by atoms with Crippen LogP contribution >= 0.6 is 11.8 Å². The van der Waals surface area contributed by atoms with Crippen molar-refractivity contribution in [3.63, 3.8) is 0 Å². The second kappa shape index (κ2) is 7.45. The molecule has 1 rings (SSSR count). The summed E-state index contributed by atoms with van der Waals surface area (Å²) in [5.74, 6) is -1.44. The lowest BCUT2D eigenvalue weighted by atomic mass is 10.3. The van der Waals surface area contributed by atoms with Gasteiger partial charge in [-0.3, -0.25) is 4.79 Å². The van der Waals surface area contributed by atoms with E-state index in [0.717, 1.165) is 23.9 Å². The molecule has 1 aromatic rings. The first-order chi connectivity index (χ1) is 8.95. The van der Waals surface area contributed by atoms with Crippen molar-refractivity contribution in [1.82, 2.24) is 4.90 Å². The molecule has 0 heterocycles. The van der Waals surface area contributed by atoms with E-state index in [-0.39, 0.29) is 35.7 Å². The molecular weight excluding hydrogens is 272 g/mol. The highest BCUT2D eigenvalue weighted by Crippen LogP contribution is 2.22. The van der Waals surface area contributed by atoms with Gasteiger partial charge in [-0.15, -0.1) is 11.8 Å². The Morgan fingerprint density at radius 2 is 2.11 bits per heavy atom. The van der Waals surface area contributed by atoms with Crippen molar-refractivity contribution in [3.8, 4) is 0 Å². The van der Waals surface area contributed by atoms with Crippen molar-refractivity contribution >= 4 is 17.7 Å². The number of aliphatic hydroxyl groups is 1. The number of aliphatic hydroxyl groups excluding tert-OH is 1. The van der Waals surface area contributed by atoms with E-state index in [4.69, 9.17) is 5.11 Å². The Labute approximate surface area is 115 Å². The lowest BCUT2D eigenvalue weighted by molar-refractivity contribution is -0.130. The number of carbonyl (C=O) groups is 1. The summed E-state index contributed by atoms with van der Waals surface area (Å²) < 4.78 is 26.1. The average Bonchev–Trinajstić information content (AvgIpc) is 2.34. The van der Waals surface area contributed by atoms with Gasteiger partial charge in [0.05, 0.1) is 12.4 Å². The van der Waals surface area contributed by atoms with Crippen LogP contribution < -0.4 is 0 Å². The van der Waals surface area contributed by atoms with Crippen LogP contribution in [0.5, 0.6) is 0 Å². The normalized spacial score (nSPS) is 10.8. The van der Waals surface area contributed by atoms with Crippen LogP contribution in [0.3, 0.4) is 0 Å². The average molecular weight is 289 g/mol. The molecule has 0 aliphatic carbocycles. The first-order valence-electron chi connectivity index (χ1n) is 5.94. The van der Waals surface area contributed by atoms with Gasteiger partial charge in [-0.25, -0.2) is 8.78 Å². The van der Waals surface area contributed by atoms with Gasteiger partial charge in [0.25, 0.3) is 0 Å². The van der Waals surface area contributed by atoms with Crippen molar-refractivity contribution < 1.29 is 18.7 Å². The van der Waals surface area contributed by atoms with Gasteiger partial charge < -0.3 is 10.0 Å². The third-order valence-corrected chi connectivity index (χ3v) is 3.56. The molecule has 1 amide bonds. The summed E-state index contributed by atoms with van der Waals surface area (Å²) in [6, 6.07) is 3.23. The SMILES string of the molecule is CC(C)N(CCO)C(=O)CSc1ccc(F)cc1F. The number of rotatable bonds is 6. The maximum Gasteiger partial charge on any atom is 0.233 e. The molecule has 0 bridgehead atoms. The molecule has 0 saturated heterocycles. The van der Waals surface area contributed by atoms with E-state index in [9.17, 15) is 13.6 Å². The number of benzene rings is 1. The molecule has 0 spiro atoms. The summed E-state index contributed by atoms with van der Waals surface area (Å²) in [5, 5.41) is 8.89. The minimum atomic E-state index is -0.670. The summed E-state index contributed by atoms with van der Waals surface area (Å²) in [5.41, 5.74) is 0. The highest BCUT2D eigenvalue weighted by Gasteiger charge is 2.17.